The molecule has 0 spiro atoms. The third-order valence-corrected chi connectivity index (χ3v) is 5.34. The lowest BCUT2D eigenvalue weighted by molar-refractivity contribution is 0.0474. The van der Waals surface area contributed by atoms with Gasteiger partial charge in [0.15, 0.2) is 23.9 Å². The standard InChI is InChI=1S/C26H22N2O6/c1-16-27-21-7-5-4-6-20(21)25(30)28(16)19-11-8-17(9-12-19)26(31)34-15-22(29)18-10-13-23(32-2)24(14-18)33-3/h4-14H,15H2,1-3H3. The third kappa shape index (κ3) is 4.38. The van der Waals surface area contributed by atoms with Crippen LogP contribution in [0.25, 0.3) is 16.6 Å². The van der Waals surface area contributed by atoms with E-state index in [9.17, 15) is 14.4 Å². The lowest BCUT2D eigenvalue weighted by Crippen LogP contribution is -2.22. The molecule has 0 saturated heterocycles. The van der Waals surface area contributed by atoms with Crippen molar-refractivity contribution in [3.63, 3.8) is 0 Å². The maximum atomic E-state index is 12.9. The molecule has 0 fully saturated rings. The highest BCUT2D eigenvalue weighted by molar-refractivity contribution is 5.99. The second kappa shape index (κ2) is 9.58. The van der Waals surface area contributed by atoms with Crippen LogP contribution in [-0.4, -0.2) is 42.1 Å². The Labute approximate surface area is 195 Å². The first-order chi connectivity index (χ1) is 16.4. The van der Waals surface area contributed by atoms with Gasteiger partial charge in [0, 0.05) is 5.56 Å². The Morgan fingerprint density at radius 2 is 1.56 bits per heavy atom. The van der Waals surface area contributed by atoms with Gasteiger partial charge in [-0.15, -0.1) is 0 Å². The highest BCUT2D eigenvalue weighted by Gasteiger charge is 2.15. The van der Waals surface area contributed by atoms with E-state index in [1.165, 1.54) is 24.9 Å². The number of hydrogen-bond acceptors (Lipinski definition) is 7. The summed E-state index contributed by atoms with van der Waals surface area (Å²) in [5.41, 5.74) is 1.58. The predicted octanol–water partition coefficient (Wildman–Crippen LogP) is 3.75. The van der Waals surface area contributed by atoms with E-state index in [4.69, 9.17) is 14.2 Å². The Balaban J connectivity index is 1.49. The first-order valence-electron chi connectivity index (χ1n) is 10.4. The number of ketones is 1. The fourth-order valence-electron chi connectivity index (χ4n) is 3.60. The first-order valence-corrected chi connectivity index (χ1v) is 10.4. The number of fused-ring (bicyclic) bond motifs is 1. The van der Waals surface area contributed by atoms with Crippen LogP contribution in [0.15, 0.2) is 71.5 Å². The Morgan fingerprint density at radius 1 is 0.882 bits per heavy atom. The average Bonchev–Trinajstić information content (AvgIpc) is 2.87. The van der Waals surface area contributed by atoms with Crippen LogP contribution in [0.1, 0.15) is 26.5 Å². The van der Waals surface area contributed by atoms with Gasteiger partial charge in [0.25, 0.3) is 5.56 Å². The molecule has 0 aliphatic heterocycles. The maximum Gasteiger partial charge on any atom is 0.338 e. The summed E-state index contributed by atoms with van der Waals surface area (Å²) in [6, 6.07) is 18.2. The number of ether oxygens (including phenoxy) is 3. The smallest absolute Gasteiger partial charge is 0.338 e. The minimum Gasteiger partial charge on any atom is -0.493 e. The number of esters is 1. The van der Waals surface area contributed by atoms with Gasteiger partial charge in [-0.2, -0.15) is 0 Å². The molecular weight excluding hydrogens is 436 g/mol. The lowest BCUT2D eigenvalue weighted by Gasteiger charge is -2.11. The second-order valence-corrected chi connectivity index (χ2v) is 7.43. The largest absolute Gasteiger partial charge is 0.493 e. The van der Waals surface area contributed by atoms with E-state index in [-0.39, 0.29) is 16.9 Å². The number of para-hydroxylation sites is 1. The predicted molar refractivity (Wildman–Crippen MR) is 126 cm³/mol. The zero-order valence-corrected chi connectivity index (χ0v) is 18.9. The van der Waals surface area contributed by atoms with Crippen molar-refractivity contribution < 1.29 is 23.8 Å². The molecule has 172 valence electrons. The van der Waals surface area contributed by atoms with Crippen LogP contribution in [0.3, 0.4) is 0 Å². The van der Waals surface area contributed by atoms with Gasteiger partial charge in [0.1, 0.15) is 5.82 Å². The summed E-state index contributed by atoms with van der Waals surface area (Å²) in [5, 5.41) is 0.505. The van der Waals surface area contributed by atoms with Crippen LogP contribution in [0.2, 0.25) is 0 Å². The van der Waals surface area contributed by atoms with E-state index < -0.39 is 12.6 Å². The molecule has 1 aromatic heterocycles. The van der Waals surface area contributed by atoms with E-state index in [1.54, 1.807) is 61.5 Å². The van der Waals surface area contributed by atoms with Crippen LogP contribution in [0.5, 0.6) is 11.5 Å². The molecule has 34 heavy (non-hydrogen) atoms. The molecule has 0 N–H and O–H groups in total. The third-order valence-electron chi connectivity index (χ3n) is 5.34. The van der Waals surface area contributed by atoms with Crippen LogP contribution in [-0.2, 0) is 4.74 Å². The van der Waals surface area contributed by atoms with E-state index in [0.29, 0.717) is 39.5 Å². The van der Waals surface area contributed by atoms with Crippen LogP contribution in [0.4, 0.5) is 0 Å². The normalized spacial score (nSPS) is 10.7. The summed E-state index contributed by atoms with van der Waals surface area (Å²) in [6.07, 6.45) is 0. The van der Waals surface area contributed by atoms with Crippen LogP contribution < -0.4 is 15.0 Å². The molecule has 3 aromatic carbocycles. The van der Waals surface area contributed by atoms with Gasteiger partial charge < -0.3 is 14.2 Å². The fraction of sp³-hybridized carbons (Fsp3) is 0.154. The Kier molecular flexibility index (Phi) is 6.40. The molecule has 0 unspecified atom stereocenters. The highest BCUT2D eigenvalue weighted by Crippen LogP contribution is 2.27. The summed E-state index contributed by atoms with van der Waals surface area (Å²) in [5.74, 6) is 0.395. The number of carbonyl (C=O) groups is 2. The summed E-state index contributed by atoms with van der Waals surface area (Å²) in [7, 11) is 2.97. The molecule has 8 nitrogen and oxygen atoms in total. The molecule has 8 heteroatoms. The summed E-state index contributed by atoms with van der Waals surface area (Å²) in [4.78, 5) is 42.3. The molecule has 0 aliphatic carbocycles. The van der Waals surface area contributed by atoms with Crippen molar-refractivity contribution in [3.8, 4) is 17.2 Å². The van der Waals surface area contributed by atoms with E-state index >= 15 is 0 Å². The Hall–Kier alpha value is -4.46. The van der Waals surface area contributed by atoms with Gasteiger partial charge >= 0.3 is 5.97 Å². The zero-order chi connectivity index (χ0) is 24.2. The number of carbonyl (C=O) groups excluding carboxylic acids is 2. The number of benzene rings is 3. The average molecular weight is 458 g/mol. The van der Waals surface area contributed by atoms with Crippen molar-refractivity contribution >= 4 is 22.7 Å². The summed E-state index contributed by atoms with van der Waals surface area (Å²) < 4.78 is 17.0. The minimum atomic E-state index is -0.652. The zero-order valence-electron chi connectivity index (χ0n) is 18.9. The van der Waals surface area contributed by atoms with Crippen molar-refractivity contribution in [3.05, 3.63) is 94.0 Å². The number of aryl methyl sites for hydroxylation is 1. The number of methoxy groups -OCH3 is 2. The number of Topliss-reactive ketones (excluding diaryl/α,β-unsaturated/α-hetero) is 1. The quantitative estimate of drug-likeness (QED) is 0.307. The molecule has 0 amide bonds. The summed E-state index contributed by atoms with van der Waals surface area (Å²) >= 11 is 0. The fourth-order valence-corrected chi connectivity index (χ4v) is 3.60. The molecule has 4 rings (SSSR count). The molecule has 0 aliphatic rings. The molecular formula is C26H22N2O6. The lowest BCUT2D eigenvalue weighted by atomic mass is 10.1. The Morgan fingerprint density at radius 3 is 2.26 bits per heavy atom. The molecule has 0 atom stereocenters. The second-order valence-electron chi connectivity index (χ2n) is 7.43. The van der Waals surface area contributed by atoms with Crippen molar-refractivity contribution in [2.45, 2.75) is 6.92 Å². The SMILES string of the molecule is COc1ccc(C(=O)COC(=O)c2ccc(-n3c(C)nc4ccccc4c3=O)cc2)cc1OC. The molecule has 4 aromatic rings. The van der Waals surface area contributed by atoms with E-state index in [1.807, 2.05) is 6.07 Å². The van der Waals surface area contributed by atoms with Crippen molar-refractivity contribution in [1.82, 2.24) is 9.55 Å². The monoisotopic (exact) mass is 458 g/mol. The topological polar surface area (TPSA) is 96.7 Å². The number of aromatic nitrogens is 2. The first kappa shape index (κ1) is 22.7. The van der Waals surface area contributed by atoms with Gasteiger partial charge in [0.2, 0.25) is 0 Å². The molecule has 1 heterocycles. The van der Waals surface area contributed by atoms with Crippen molar-refractivity contribution in [2.75, 3.05) is 20.8 Å². The van der Waals surface area contributed by atoms with Crippen molar-refractivity contribution in [2.24, 2.45) is 0 Å². The molecule has 0 radical (unpaired) electrons. The molecule has 0 bridgehead atoms. The van der Waals surface area contributed by atoms with E-state index in [2.05, 4.69) is 4.98 Å². The van der Waals surface area contributed by atoms with Gasteiger partial charge in [-0.05, 0) is 61.5 Å². The highest BCUT2D eigenvalue weighted by atomic mass is 16.5. The minimum absolute atomic E-state index is 0.195. The number of nitrogens with zero attached hydrogens (tertiary/aromatic N) is 2. The van der Waals surface area contributed by atoms with Gasteiger partial charge in [-0.1, -0.05) is 12.1 Å². The van der Waals surface area contributed by atoms with Crippen LogP contribution in [0, 0.1) is 6.92 Å². The Bertz CT molecular complexity index is 1440. The van der Waals surface area contributed by atoms with Gasteiger partial charge in [-0.25, -0.2) is 9.78 Å². The maximum absolute atomic E-state index is 12.9. The van der Waals surface area contributed by atoms with E-state index in [0.717, 1.165) is 0 Å². The van der Waals surface area contributed by atoms with Gasteiger partial charge in [-0.3, -0.25) is 14.2 Å². The molecule has 0 saturated carbocycles. The number of hydrogen-bond donors (Lipinski definition) is 0. The van der Waals surface area contributed by atoms with Crippen LogP contribution >= 0.6 is 0 Å². The van der Waals surface area contributed by atoms with Crippen molar-refractivity contribution in [1.29, 1.82) is 0 Å². The summed E-state index contributed by atoms with van der Waals surface area (Å²) in [6.45, 7) is 1.32. The number of rotatable bonds is 7. The van der Waals surface area contributed by atoms with Gasteiger partial charge in [0.05, 0.1) is 36.4 Å².